The van der Waals surface area contributed by atoms with Crippen LogP contribution in [0.3, 0.4) is 0 Å². The van der Waals surface area contributed by atoms with E-state index in [1.165, 1.54) is 11.8 Å². The number of aromatic nitrogens is 1. The van der Waals surface area contributed by atoms with Crippen molar-refractivity contribution in [2.24, 2.45) is 0 Å². The zero-order valence-electron chi connectivity index (χ0n) is 12.9. The van der Waals surface area contributed by atoms with Gasteiger partial charge in [-0.1, -0.05) is 6.07 Å². The summed E-state index contributed by atoms with van der Waals surface area (Å²) in [6.07, 6.45) is 7.58. The molecule has 3 rings (SSSR count). The van der Waals surface area contributed by atoms with E-state index in [9.17, 15) is 8.42 Å². The molecule has 0 bridgehead atoms. The Morgan fingerprint density at radius 3 is 2.86 bits per heavy atom. The van der Waals surface area contributed by atoms with Gasteiger partial charge in [-0.15, -0.1) is 0 Å². The molecule has 2 aliphatic rings. The van der Waals surface area contributed by atoms with Crippen LogP contribution in [0.2, 0.25) is 0 Å². The van der Waals surface area contributed by atoms with Gasteiger partial charge in [0.2, 0.25) is 10.0 Å². The molecule has 1 aromatic heterocycles. The lowest BCUT2D eigenvalue weighted by Gasteiger charge is -2.38. The second-order valence-electron chi connectivity index (χ2n) is 6.42. The molecule has 22 heavy (non-hydrogen) atoms. The van der Waals surface area contributed by atoms with E-state index >= 15 is 0 Å². The highest BCUT2D eigenvalue weighted by molar-refractivity contribution is 7.88. The van der Waals surface area contributed by atoms with E-state index < -0.39 is 10.0 Å². The van der Waals surface area contributed by atoms with Crippen LogP contribution in [0.15, 0.2) is 24.5 Å². The van der Waals surface area contributed by atoms with E-state index in [4.69, 9.17) is 4.74 Å². The standard InChI is InChI=1S/C15H23N3O3S/c1-22(19,20)17-14-9-15(21-12-14)4-7-18(8-5-15)11-13-3-2-6-16-10-13/h2-3,6,10,14,17H,4-5,7-9,11-12H2,1H3/t14-/m0/s1. The van der Waals surface area contributed by atoms with Gasteiger partial charge in [-0.25, -0.2) is 13.1 Å². The monoisotopic (exact) mass is 325 g/mol. The Morgan fingerprint density at radius 2 is 2.23 bits per heavy atom. The van der Waals surface area contributed by atoms with Gasteiger partial charge in [-0.05, 0) is 30.9 Å². The van der Waals surface area contributed by atoms with Crippen molar-refractivity contribution >= 4 is 10.0 Å². The predicted octanol–water partition coefficient (Wildman–Crippen LogP) is 0.754. The van der Waals surface area contributed by atoms with Gasteiger partial charge in [0.05, 0.1) is 18.5 Å². The zero-order chi connectivity index (χ0) is 15.6. The summed E-state index contributed by atoms with van der Waals surface area (Å²) in [5, 5.41) is 0. The highest BCUT2D eigenvalue weighted by Crippen LogP contribution is 2.36. The van der Waals surface area contributed by atoms with Gasteiger partial charge in [0.25, 0.3) is 0 Å². The molecule has 7 heteroatoms. The minimum atomic E-state index is -3.16. The number of nitrogens with zero attached hydrogens (tertiary/aromatic N) is 2. The van der Waals surface area contributed by atoms with Gasteiger partial charge in [-0.2, -0.15) is 0 Å². The number of hydrogen-bond donors (Lipinski definition) is 1. The highest BCUT2D eigenvalue weighted by Gasteiger charge is 2.43. The lowest BCUT2D eigenvalue weighted by molar-refractivity contribution is -0.0449. The Balaban J connectivity index is 1.52. The normalized spacial score (nSPS) is 25.6. The number of likely N-dealkylation sites (tertiary alicyclic amines) is 1. The van der Waals surface area contributed by atoms with E-state index in [0.717, 1.165) is 38.9 Å². The second kappa shape index (κ2) is 6.23. The molecule has 3 heterocycles. The van der Waals surface area contributed by atoms with Crippen molar-refractivity contribution in [2.45, 2.75) is 37.5 Å². The fourth-order valence-electron chi connectivity index (χ4n) is 3.44. The van der Waals surface area contributed by atoms with E-state index in [2.05, 4.69) is 20.7 Å². The quantitative estimate of drug-likeness (QED) is 0.885. The third kappa shape index (κ3) is 4.04. The number of pyridine rings is 1. The van der Waals surface area contributed by atoms with E-state index in [1.807, 2.05) is 12.3 Å². The molecule has 0 saturated carbocycles. The molecule has 1 N–H and O–H groups in total. The van der Waals surface area contributed by atoms with Crippen LogP contribution < -0.4 is 4.72 Å². The molecule has 2 fully saturated rings. The highest BCUT2D eigenvalue weighted by atomic mass is 32.2. The third-order valence-corrected chi connectivity index (χ3v) is 5.25. The SMILES string of the molecule is CS(=O)(=O)N[C@@H]1COC2(CCN(Cc3cccnc3)CC2)C1. The lowest BCUT2D eigenvalue weighted by Crippen LogP contribution is -2.44. The van der Waals surface area contributed by atoms with Gasteiger partial charge >= 0.3 is 0 Å². The molecule has 1 aromatic rings. The van der Waals surface area contributed by atoms with Crippen molar-refractivity contribution < 1.29 is 13.2 Å². The van der Waals surface area contributed by atoms with Crippen molar-refractivity contribution in [1.29, 1.82) is 0 Å². The Kier molecular flexibility index (Phi) is 4.49. The molecule has 122 valence electrons. The van der Waals surface area contributed by atoms with Crippen LogP contribution in [0.4, 0.5) is 0 Å². The van der Waals surface area contributed by atoms with Gasteiger partial charge in [-0.3, -0.25) is 9.88 Å². The van der Waals surface area contributed by atoms with Crippen molar-refractivity contribution in [2.75, 3.05) is 26.0 Å². The molecular weight excluding hydrogens is 302 g/mol. The first-order valence-corrected chi connectivity index (χ1v) is 9.56. The maximum Gasteiger partial charge on any atom is 0.209 e. The summed E-state index contributed by atoms with van der Waals surface area (Å²) < 4.78 is 31.3. The second-order valence-corrected chi connectivity index (χ2v) is 8.20. The number of ether oxygens (including phenoxy) is 1. The first-order chi connectivity index (χ1) is 10.4. The van der Waals surface area contributed by atoms with Crippen LogP contribution in [0.5, 0.6) is 0 Å². The van der Waals surface area contributed by atoms with Gasteiger partial charge in [0.1, 0.15) is 0 Å². The average molecular weight is 325 g/mol. The molecule has 2 aliphatic heterocycles. The van der Waals surface area contributed by atoms with E-state index in [-0.39, 0.29) is 11.6 Å². The summed E-state index contributed by atoms with van der Waals surface area (Å²) in [5.74, 6) is 0. The topological polar surface area (TPSA) is 71.5 Å². The van der Waals surface area contributed by atoms with Crippen LogP contribution in [0, 0.1) is 0 Å². The number of sulfonamides is 1. The van der Waals surface area contributed by atoms with Crippen molar-refractivity contribution in [1.82, 2.24) is 14.6 Å². The summed E-state index contributed by atoms with van der Waals surface area (Å²) in [6, 6.07) is 3.97. The van der Waals surface area contributed by atoms with Crippen LogP contribution in [0.25, 0.3) is 0 Å². The van der Waals surface area contributed by atoms with Crippen LogP contribution in [-0.4, -0.2) is 55.9 Å². The molecule has 0 amide bonds. The van der Waals surface area contributed by atoms with Gasteiger partial charge in [0, 0.05) is 38.1 Å². The van der Waals surface area contributed by atoms with Crippen LogP contribution in [-0.2, 0) is 21.3 Å². The first-order valence-electron chi connectivity index (χ1n) is 7.67. The Bertz CT molecular complexity index is 598. The van der Waals surface area contributed by atoms with Gasteiger partial charge < -0.3 is 4.74 Å². The number of piperidine rings is 1. The fourth-order valence-corrected chi connectivity index (χ4v) is 4.20. The number of rotatable bonds is 4. The minimum absolute atomic E-state index is 0.0835. The summed E-state index contributed by atoms with van der Waals surface area (Å²) in [4.78, 5) is 6.55. The molecular formula is C15H23N3O3S. The van der Waals surface area contributed by atoms with Crippen molar-refractivity contribution in [3.63, 3.8) is 0 Å². The maximum absolute atomic E-state index is 11.3. The molecule has 0 aromatic carbocycles. The average Bonchev–Trinajstić information content (AvgIpc) is 2.84. The molecule has 1 atom stereocenters. The smallest absolute Gasteiger partial charge is 0.209 e. The molecule has 0 aliphatic carbocycles. The Morgan fingerprint density at radius 1 is 1.45 bits per heavy atom. The van der Waals surface area contributed by atoms with Crippen molar-refractivity contribution in [3.8, 4) is 0 Å². The molecule has 6 nitrogen and oxygen atoms in total. The van der Waals surface area contributed by atoms with Crippen molar-refractivity contribution in [3.05, 3.63) is 30.1 Å². The minimum Gasteiger partial charge on any atom is -0.373 e. The van der Waals surface area contributed by atoms with Crippen LogP contribution >= 0.6 is 0 Å². The Labute approximate surface area is 131 Å². The maximum atomic E-state index is 11.3. The number of hydrogen-bond acceptors (Lipinski definition) is 5. The van der Waals surface area contributed by atoms with Crippen LogP contribution in [0.1, 0.15) is 24.8 Å². The molecule has 0 unspecified atom stereocenters. The summed E-state index contributed by atoms with van der Waals surface area (Å²) in [6.45, 7) is 3.34. The predicted molar refractivity (Wildman–Crippen MR) is 83.8 cm³/mol. The number of nitrogens with one attached hydrogen (secondary N) is 1. The zero-order valence-corrected chi connectivity index (χ0v) is 13.7. The molecule has 0 radical (unpaired) electrons. The summed E-state index contributed by atoms with van der Waals surface area (Å²) >= 11 is 0. The van der Waals surface area contributed by atoms with E-state index in [0.29, 0.717) is 6.61 Å². The largest absolute Gasteiger partial charge is 0.373 e. The molecule has 2 saturated heterocycles. The lowest BCUT2D eigenvalue weighted by atomic mass is 9.87. The molecule has 1 spiro atoms. The summed E-state index contributed by atoms with van der Waals surface area (Å²) in [5.41, 5.74) is 1.08. The Hall–Kier alpha value is -1.02. The van der Waals surface area contributed by atoms with Gasteiger partial charge in [0.15, 0.2) is 0 Å². The fraction of sp³-hybridized carbons (Fsp3) is 0.667. The summed E-state index contributed by atoms with van der Waals surface area (Å²) in [7, 11) is -3.16. The first kappa shape index (κ1) is 15.9. The van der Waals surface area contributed by atoms with E-state index in [1.54, 1.807) is 6.20 Å². The third-order valence-electron chi connectivity index (χ3n) is 4.49.